The molecular weight excluding hydrogens is 262 g/mol. The Labute approximate surface area is 128 Å². The van der Waals surface area contributed by atoms with Gasteiger partial charge in [0.25, 0.3) is 0 Å². The second kappa shape index (κ2) is 8.34. The fourth-order valence-electron chi connectivity index (χ4n) is 3.54. The number of aliphatic imine (C=N–C) groups is 1. The third-order valence-electron chi connectivity index (χ3n) is 4.58. The molecule has 1 aliphatic carbocycles. The molecule has 0 heterocycles. The van der Waals surface area contributed by atoms with Gasteiger partial charge in [0, 0.05) is 0 Å². The van der Waals surface area contributed by atoms with Crippen LogP contribution in [0.25, 0.3) is 0 Å². The first-order valence-electron chi connectivity index (χ1n) is 8.00. The summed E-state index contributed by atoms with van der Waals surface area (Å²) in [6.07, 6.45) is 11.1. The van der Waals surface area contributed by atoms with Gasteiger partial charge in [-0.15, -0.1) is 0 Å². The molecule has 2 rings (SSSR count). The van der Waals surface area contributed by atoms with Crippen molar-refractivity contribution in [2.45, 2.75) is 58.3 Å². The highest BCUT2D eigenvalue weighted by molar-refractivity contribution is 7.78. The van der Waals surface area contributed by atoms with E-state index in [0.29, 0.717) is 0 Å². The van der Waals surface area contributed by atoms with Gasteiger partial charge in [-0.1, -0.05) is 64.0 Å². The van der Waals surface area contributed by atoms with Crippen LogP contribution in [0.5, 0.6) is 0 Å². The van der Waals surface area contributed by atoms with E-state index < -0.39 is 0 Å². The van der Waals surface area contributed by atoms with Crippen molar-refractivity contribution in [3.63, 3.8) is 0 Å². The lowest BCUT2D eigenvalue weighted by Gasteiger charge is -2.30. The summed E-state index contributed by atoms with van der Waals surface area (Å²) in [5, 5.41) is 2.42. The number of hydrogen-bond acceptors (Lipinski definition) is 2. The topological polar surface area (TPSA) is 12.4 Å². The second-order valence-electron chi connectivity index (χ2n) is 6.02. The first-order chi connectivity index (χ1) is 9.83. The fourth-order valence-corrected chi connectivity index (χ4v) is 3.65. The highest BCUT2D eigenvalue weighted by Crippen LogP contribution is 2.34. The summed E-state index contributed by atoms with van der Waals surface area (Å²) in [7, 11) is 0. The maximum atomic E-state index is 4.64. The Morgan fingerprint density at radius 1 is 1.20 bits per heavy atom. The Balaban J connectivity index is 2.00. The van der Waals surface area contributed by atoms with Crippen LogP contribution in [-0.2, 0) is 6.42 Å². The number of thiocarbonyl (C=S) groups is 1. The van der Waals surface area contributed by atoms with Crippen LogP contribution < -0.4 is 0 Å². The van der Waals surface area contributed by atoms with Crippen LogP contribution in [0, 0.1) is 11.8 Å². The predicted molar refractivity (Wildman–Crippen MR) is 89.8 cm³/mol. The van der Waals surface area contributed by atoms with E-state index in [1.165, 1.54) is 56.9 Å². The molecule has 1 atom stereocenters. The minimum absolute atomic E-state index is 0.861. The van der Waals surface area contributed by atoms with E-state index >= 15 is 0 Å². The zero-order valence-electron chi connectivity index (χ0n) is 12.5. The maximum Gasteiger partial charge on any atom is 0.0739 e. The SMILES string of the molecule is CCCC(Cc1ccc(N=C=S)cc1)C1CCCCC1. The van der Waals surface area contributed by atoms with Crippen LogP contribution in [-0.4, -0.2) is 5.16 Å². The monoisotopic (exact) mass is 287 g/mol. The first-order valence-corrected chi connectivity index (χ1v) is 8.41. The quantitative estimate of drug-likeness (QED) is 0.464. The average molecular weight is 287 g/mol. The maximum absolute atomic E-state index is 4.64. The van der Waals surface area contributed by atoms with Crippen LogP contribution >= 0.6 is 12.2 Å². The van der Waals surface area contributed by atoms with E-state index in [0.717, 1.165) is 17.5 Å². The van der Waals surface area contributed by atoms with Crippen molar-refractivity contribution in [2.24, 2.45) is 16.8 Å². The molecule has 1 nitrogen and oxygen atoms in total. The Kier molecular flexibility index (Phi) is 6.42. The van der Waals surface area contributed by atoms with Crippen molar-refractivity contribution in [1.29, 1.82) is 0 Å². The molecule has 0 spiro atoms. The second-order valence-corrected chi connectivity index (χ2v) is 6.20. The van der Waals surface area contributed by atoms with E-state index in [1.807, 2.05) is 0 Å². The molecule has 1 fully saturated rings. The molecule has 0 aromatic heterocycles. The zero-order chi connectivity index (χ0) is 14.2. The standard InChI is InChI=1S/C18H25NS/c1-2-6-17(16-7-4-3-5-8-16)13-15-9-11-18(12-10-15)19-14-20/h9-12,16-17H,2-8,13H2,1H3. The minimum atomic E-state index is 0.861. The fraction of sp³-hybridized carbons (Fsp3) is 0.611. The van der Waals surface area contributed by atoms with Gasteiger partial charge < -0.3 is 0 Å². The van der Waals surface area contributed by atoms with E-state index in [9.17, 15) is 0 Å². The summed E-state index contributed by atoms with van der Waals surface area (Å²) in [6.45, 7) is 2.31. The number of benzene rings is 1. The molecule has 1 unspecified atom stereocenters. The molecule has 0 saturated heterocycles. The first kappa shape index (κ1) is 15.4. The summed E-state index contributed by atoms with van der Waals surface area (Å²) >= 11 is 4.64. The van der Waals surface area contributed by atoms with Gasteiger partial charge in [0.15, 0.2) is 0 Å². The summed E-state index contributed by atoms with van der Waals surface area (Å²) in [5.74, 6) is 1.81. The van der Waals surface area contributed by atoms with Gasteiger partial charge in [-0.3, -0.25) is 0 Å². The Morgan fingerprint density at radius 3 is 2.50 bits per heavy atom. The molecule has 0 radical (unpaired) electrons. The molecule has 2 heteroatoms. The van der Waals surface area contributed by atoms with Gasteiger partial charge in [0.1, 0.15) is 0 Å². The smallest absolute Gasteiger partial charge is 0.0739 e. The predicted octanol–water partition coefficient (Wildman–Crippen LogP) is 5.96. The number of isothiocyanates is 1. The highest BCUT2D eigenvalue weighted by atomic mass is 32.1. The van der Waals surface area contributed by atoms with Crippen LogP contribution in [0.1, 0.15) is 57.4 Å². The number of nitrogens with zero attached hydrogens (tertiary/aromatic N) is 1. The van der Waals surface area contributed by atoms with Crippen molar-refractivity contribution in [2.75, 3.05) is 0 Å². The van der Waals surface area contributed by atoms with E-state index in [2.05, 4.69) is 53.6 Å². The van der Waals surface area contributed by atoms with Crippen LogP contribution in [0.15, 0.2) is 29.3 Å². The van der Waals surface area contributed by atoms with Gasteiger partial charge in [-0.25, -0.2) is 0 Å². The van der Waals surface area contributed by atoms with Gasteiger partial charge in [0.2, 0.25) is 0 Å². The van der Waals surface area contributed by atoms with E-state index in [1.54, 1.807) is 0 Å². The third-order valence-corrected chi connectivity index (χ3v) is 4.68. The lowest BCUT2D eigenvalue weighted by Crippen LogP contribution is -2.20. The van der Waals surface area contributed by atoms with Gasteiger partial charge >= 0.3 is 0 Å². The van der Waals surface area contributed by atoms with Crippen LogP contribution in [0.4, 0.5) is 5.69 Å². The van der Waals surface area contributed by atoms with Crippen LogP contribution in [0.3, 0.4) is 0 Å². The number of rotatable bonds is 6. The van der Waals surface area contributed by atoms with Crippen molar-refractivity contribution < 1.29 is 0 Å². The van der Waals surface area contributed by atoms with Crippen molar-refractivity contribution in [3.8, 4) is 0 Å². The van der Waals surface area contributed by atoms with Crippen molar-refractivity contribution in [1.82, 2.24) is 0 Å². The summed E-state index contributed by atoms with van der Waals surface area (Å²) in [6, 6.07) is 8.52. The molecule has 108 valence electrons. The summed E-state index contributed by atoms with van der Waals surface area (Å²) in [4.78, 5) is 4.02. The molecule has 1 aromatic carbocycles. The molecule has 20 heavy (non-hydrogen) atoms. The molecule has 1 aliphatic rings. The Morgan fingerprint density at radius 2 is 1.90 bits per heavy atom. The zero-order valence-corrected chi connectivity index (χ0v) is 13.3. The van der Waals surface area contributed by atoms with Gasteiger partial charge in [0.05, 0.1) is 10.8 Å². The van der Waals surface area contributed by atoms with Crippen molar-refractivity contribution >= 4 is 23.1 Å². The van der Waals surface area contributed by atoms with Crippen LogP contribution in [0.2, 0.25) is 0 Å². The normalized spacial score (nSPS) is 17.4. The highest BCUT2D eigenvalue weighted by Gasteiger charge is 2.23. The summed E-state index contributed by atoms with van der Waals surface area (Å²) < 4.78 is 0. The van der Waals surface area contributed by atoms with E-state index in [4.69, 9.17) is 0 Å². The lowest BCUT2D eigenvalue weighted by molar-refractivity contribution is 0.233. The molecule has 0 amide bonds. The van der Waals surface area contributed by atoms with Crippen molar-refractivity contribution in [3.05, 3.63) is 29.8 Å². The Bertz CT molecular complexity index is 439. The summed E-state index contributed by atoms with van der Waals surface area (Å²) in [5.41, 5.74) is 2.35. The molecular formula is C18H25NS. The Hall–Kier alpha value is -0.980. The largest absolute Gasteiger partial charge is 0.195 e. The average Bonchev–Trinajstić information content (AvgIpc) is 2.50. The lowest BCUT2D eigenvalue weighted by atomic mass is 9.75. The molecule has 0 N–H and O–H groups in total. The molecule has 0 aliphatic heterocycles. The third kappa shape index (κ3) is 4.54. The molecule has 1 saturated carbocycles. The van der Waals surface area contributed by atoms with Gasteiger partial charge in [-0.05, 0) is 48.2 Å². The van der Waals surface area contributed by atoms with E-state index in [-0.39, 0.29) is 0 Å². The minimum Gasteiger partial charge on any atom is -0.195 e. The molecule has 1 aromatic rings. The molecule has 0 bridgehead atoms. The van der Waals surface area contributed by atoms with Gasteiger partial charge in [-0.2, -0.15) is 4.99 Å². The number of hydrogen-bond donors (Lipinski definition) is 0.